The Morgan fingerprint density at radius 2 is 1.95 bits per heavy atom. The number of carbonyl (C=O) groups excluding carboxylic acids is 2. The van der Waals surface area contributed by atoms with Crippen molar-refractivity contribution in [2.45, 2.75) is 25.9 Å². The minimum absolute atomic E-state index is 0.174. The van der Waals surface area contributed by atoms with Crippen LogP contribution >= 0.6 is 0 Å². The first-order valence-electron chi connectivity index (χ1n) is 6.63. The fourth-order valence-corrected chi connectivity index (χ4v) is 1.79. The second-order valence-electron chi connectivity index (χ2n) is 4.66. The van der Waals surface area contributed by atoms with E-state index >= 15 is 0 Å². The van der Waals surface area contributed by atoms with Gasteiger partial charge >= 0.3 is 0 Å². The number of carbonyl (C=O) groups is 2. The van der Waals surface area contributed by atoms with Gasteiger partial charge in [-0.2, -0.15) is 0 Å². The van der Waals surface area contributed by atoms with Gasteiger partial charge in [-0.15, -0.1) is 0 Å². The molecule has 0 saturated heterocycles. The molecule has 0 bridgehead atoms. The SMILES string of the molecule is C[C@H](NC(=O)c1ccco1)C(=O)N[C@@H](C)c1ccccn1. The molecule has 2 atom stereocenters. The maximum absolute atomic E-state index is 12.0. The van der Waals surface area contributed by atoms with Crippen molar-refractivity contribution in [3.05, 3.63) is 54.2 Å². The Bertz CT molecular complexity index is 596. The van der Waals surface area contributed by atoms with Gasteiger partial charge in [-0.1, -0.05) is 6.07 Å². The number of hydrogen-bond donors (Lipinski definition) is 2. The number of nitrogens with one attached hydrogen (secondary N) is 2. The van der Waals surface area contributed by atoms with Crippen LogP contribution < -0.4 is 10.6 Å². The molecule has 2 rings (SSSR count). The molecule has 2 aromatic rings. The van der Waals surface area contributed by atoms with Crippen molar-refractivity contribution in [2.75, 3.05) is 0 Å². The fourth-order valence-electron chi connectivity index (χ4n) is 1.79. The molecule has 6 nitrogen and oxygen atoms in total. The summed E-state index contributed by atoms with van der Waals surface area (Å²) in [5, 5.41) is 5.37. The third-order valence-electron chi connectivity index (χ3n) is 2.98. The molecule has 2 amide bonds. The Morgan fingerprint density at radius 1 is 1.14 bits per heavy atom. The lowest BCUT2D eigenvalue weighted by Gasteiger charge is -2.17. The molecule has 0 saturated carbocycles. The van der Waals surface area contributed by atoms with Gasteiger partial charge in [-0.05, 0) is 38.1 Å². The van der Waals surface area contributed by atoms with Crippen LogP contribution in [-0.2, 0) is 4.79 Å². The van der Waals surface area contributed by atoms with Crippen molar-refractivity contribution in [1.82, 2.24) is 15.6 Å². The van der Waals surface area contributed by atoms with Gasteiger partial charge in [0.15, 0.2) is 5.76 Å². The van der Waals surface area contributed by atoms with Crippen LogP contribution in [0.3, 0.4) is 0 Å². The molecule has 0 aliphatic heterocycles. The lowest BCUT2D eigenvalue weighted by molar-refractivity contribution is -0.123. The predicted octanol–water partition coefficient (Wildman–Crippen LogP) is 1.67. The molecule has 2 N–H and O–H groups in total. The number of nitrogens with zero attached hydrogens (tertiary/aromatic N) is 1. The van der Waals surface area contributed by atoms with E-state index in [9.17, 15) is 9.59 Å². The summed E-state index contributed by atoms with van der Waals surface area (Å²) in [4.78, 5) is 28.0. The van der Waals surface area contributed by atoms with Gasteiger partial charge in [-0.25, -0.2) is 0 Å². The van der Waals surface area contributed by atoms with Crippen LogP contribution in [0.25, 0.3) is 0 Å². The van der Waals surface area contributed by atoms with Gasteiger partial charge in [-0.3, -0.25) is 14.6 Å². The lowest BCUT2D eigenvalue weighted by atomic mass is 10.2. The molecule has 0 unspecified atom stereocenters. The smallest absolute Gasteiger partial charge is 0.287 e. The Labute approximate surface area is 122 Å². The van der Waals surface area contributed by atoms with E-state index in [2.05, 4.69) is 15.6 Å². The van der Waals surface area contributed by atoms with Crippen LogP contribution in [0.2, 0.25) is 0 Å². The molecule has 2 aromatic heterocycles. The molecule has 0 aliphatic carbocycles. The Morgan fingerprint density at radius 3 is 2.57 bits per heavy atom. The first-order chi connectivity index (χ1) is 10.1. The normalized spacial score (nSPS) is 13.2. The number of rotatable bonds is 5. The number of aromatic nitrogens is 1. The topological polar surface area (TPSA) is 84.2 Å². The second kappa shape index (κ2) is 6.69. The van der Waals surface area contributed by atoms with Gasteiger partial charge in [0.25, 0.3) is 5.91 Å². The summed E-state index contributed by atoms with van der Waals surface area (Å²) in [7, 11) is 0. The summed E-state index contributed by atoms with van der Waals surface area (Å²) < 4.78 is 4.97. The van der Waals surface area contributed by atoms with Gasteiger partial charge in [0.05, 0.1) is 18.0 Å². The zero-order valence-corrected chi connectivity index (χ0v) is 11.9. The van der Waals surface area contributed by atoms with Crippen molar-refractivity contribution in [1.29, 1.82) is 0 Å². The standard InChI is InChI=1S/C15H17N3O3/c1-10(12-6-3-4-8-16-12)17-14(19)11(2)18-15(20)13-7-5-9-21-13/h3-11H,1-2H3,(H,17,19)(H,18,20)/t10-,11-/m0/s1. The van der Waals surface area contributed by atoms with Crippen molar-refractivity contribution < 1.29 is 14.0 Å². The minimum Gasteiger partial charge on any atom is -0.459 e. The molecule has 2 heterocycles. The van der Waals surface area contributed by atoms with E-state index in [4.69, 9.17) is 4.42 Å². The number of furan rings is 1. The summed E-state index contributed by atoms with van der Waals surface area (Å²) in [6.07, 6.45) is 3.07. The van der Waals surface area contributed by atoms with Crippen LogP contribution in [0.1, 0.15) is 36.1 Å². The van der Waals surface area contributed by atoms with Gasteiger partial charge < -0.3 is 15.1 Å². The average molecular weight is 287 g/mol. The van der Waals surface area contributed by atoms with Crippen molar-refractivity contribution >= 4 is 11.8 Å². The molecular formula is C15H17N3O3. The van der Waals surface area contributed by atoms with E-state index in [1.54, 1.807) is 19.2 Å². The van der Waals surface area contributed by atoms with Crippen LogP contribution in [0.4, 0.5) is 0 Å². The van der Waals surface area contributed by atoms with Gasteiger partial charge in [0.2, 0.25) is 5.91 Å². The molecular weight excluding hydrogens is 270 g/mol. The predicted molar refractivity (Wildman–Crippen MR) is 76.4 cm³/mol. The highest BCUT2D eigenvalue weighted by Gasteiger charge is 2.20. The number of amides is 2. The van der Waals surface area contributed by atoms with E-state index in [-0.39, 0.29) is 17.7 Å². The van der Waals surface area contributed by atoms with Crippen LogP contribution in [0.5, 0.6) is 0 Å². The first-order valence-corrected chi connectivity index (χ1v) is 6.63. The minimum atomic E-state index is -0.672. The third-order valence-corrected chi connectivity index (χ3v) is 2.98. The van der Waals surface area contributed by atoms with Gasteiger partial charge in [0.1, 0.15) is 6.04 Å². The quantitative estimate of drug-likeness (QED) is 0.876. The van der Waals surface area contributed by atoms with E-state index in [0.29, 0.717) is 0 Å². The molecule has 6 heteroatoms. The maximum Gasteiger partial charge on any atom is 0.287 e. The molecule has 21 heavy (non-hydrogen) atoms. The second-order valence-corrected chi connectivity index (χ2v) is 4.66. The van der Waals surface area contributed by atoms with Gasteiger partial charge in [0, 0.05) is 6.20 Å². The van der Waals surface area contributed by atoms with Crippen LogP contribution in [0.15, 0.2) is 47.2 Å². The number of hydrogen-bond acceptors (Lipinski definition) is 4. The maximum atomic E-state index is 12.0. The largest absolute Gasteiger partial charge is 0.459 e. The summed E-state index contributed by atoms with van der Waals surface area (Å²) in [6, 6.07) is 7.74. The van der Waals surface area contributed by atoms with Crippen molar-refractivity contribution in [3.8, 4) is 0 Å². The summed E-state index contributed by atoms with van der Waals surface area (Å²) >= 11 is 0. The summed E-state index contributed by atoms with van der Waals surface area (Å²) in [5.74, 6) is -0.534. The highest BCUT2D eigenvalue weighted by Crippen LogP contribution is 2.08. The molecule has 0 fully saturated rings. The monoisotopic (exact) mass is 287 g/mol. The fraction of sp³-hybridized carbons (Fsp3) is 0.267. The lowest BCUT2D eigenvalue weighted by Crippen LogP contribution is -2.45. The zero-order chi connectivity index (χ0) is 15.2. The highest BCUT2D eigenvalue weighted by molar-refractivity contribution is 5.95. The average Bonchev–Trinajstić information content (AvgIpc) is 3.02. The Kier molecular flexibility index (Phi) is 4.71. The molecule has 0 aromatic carbocycles. The highest BCUT2D eigenvalue weighted by atomic mass is 16.3. The summed E-state index contributed by atoms with van der Waals surface area (Å²) in [5.41, 5.74) is 0.760. The van der Waals surface area contributed by atoms with Crippen LogP contribution in [0, 0.1) is 0 Å². The van der Waals surface area contributed by atoms with E-state index < -0.39 is 11.9 Å². The van der Waals surface area contributed by atoms with E-state index in [1.165, 1.54) is 12.3 Å². The Hall–Kier alpha value is -2.63. The Balaban J connectivity index is 1.89. The third kappa shape index (κ3) is 3.92. The number of pyridine rings is 1. The molecule has 110 valence electrons. The molecule has 0 radical (unpaired) electrons. The molecule has 0 spiro atoms. The van der Waals surface area contributed by atoms with E-state index in [1.807, 2.05) is 25.1 Å². The van der Waals surface area contributed by atoms with Crippen molar-refractivity contribution in [3.63, 3.8) is 0 Å². The molecule has 0 aliphatic rings. The van der Waals surface area contributed by atoms with E-state index in [0.717, 1.165) is 5.69 Å². The van der Waals surface area contributed by atoms with Crippen LogP contribution in [-0.4, -0.2) is 22.8 Å². The zero-order valence-electron chi connectivity index (χ0n) is 11.9. The van der Waals surface area contributed by atoms with Crippen molar-refractivity contribution in [2.24, 2.45) is 0 Å². The summed E-state index contributed by atoms with van der Waals surface area (Å²) in [6.45, 7) is 3.45. The first kappa shape index (κ1) is 14.8.